The number of rotatable bonds is 10. The van der Waals surface area contributed by atoms with Gasteiger partial charge in [0.05, 0.1) is 6.42 Å². The molecule has 2 rings (SSSR count). The fourth-order valence-corrected chi connectivity index (χ4v) is 2.78. The van der Waals surface area contributed by atoms with E-state index < -0.39 is 0 Å². The Hall–Kier alpha value is -1.88. The maximum absolute atomic E-state index is 12.0. The first-order valence-corrected chi connectivity index (χ1v) is 8.57. The second-order valence-electron chi connectivity index (χ2n) is 5.85. The van der Waals surface area contributed by atoms with Gasteiger partial charge in [-0.2, -0.15) is 0 Å². The summed E-state index contributed by atoms with van der Waals surface area (Å²) in [5.41, 5.74) is 1.43. The van der Waals surface area contributed by atoms with Gasteiger partial charge in [-0.25, -0.2) is 0 Å². The summed E-state index contributed by atoms with van der Waals surface area (Å²) in [6, 6.07) is 7.62. The van der Waals surface area contributed by atoms with Gasteiger partial charge < -0.3 is 14.7 Å². The predicted molar refractivity (Wildman–Crippen MR) is 92.4 cm³/mol. The second-order valence-corrected chi connectivity index (χ2v) is 5.85. The number of benzene rings is 1. The zero-order chi connectivity index (χ0) is 16.5. The molecule has 1 N–H and O–H groups in total. The normalized spacial score (nSPS) is 11.3. The van der Waals surface area contributed by atoms with Crippen molar-refractivity contribution in [3.8, 4) is 0 Å². The quantitative estimate of drug-likeness (QED) is 0.684. The number of para-hydroxylation sites is 1. The monoisotopic (exact) mass is 317 g/mol. The number of fused-ring (bicyclic) bond motifs is 1. The van der Waals surface area contributed by atoms with Gasteiger partial charge in [0.25, 0.3) is 0 Å². The van der Waals surface area contributed by atoms with Crippen LogP contribution in [-0.2, 0) is 11.2 Å². The molecule has 5 heteroatoms. The summed E-state index contributed by atoms with van der Waals surface area (Å²) in [7, 11) is 0. The molecule has 0 saturated heterocycles. The smallest absolute Gasteiger partial charge is 0.226 e. The van der Waals surface area contributed by atoms with Crippen molar-refractivity contribution in [2.75, 3.05) is 26.2 Å². The van der Waals surface area contributed by atoms with E-state index in [1.807, 2.05) is 24.3 Å². The number of nitrogens with zero attached hydrogens (tertiary/aromatic N) is 2. The van der Waals surface area contributed by atoms with Crippen LogP contribution in [0.4, 0.5) is 0 Å². The summed E-state index contributed by atoms with van der Waals surface area (Å²) in [6.45, 7) is 8.41. The van der Waals surface area contributed by atoms with Crippen LogP contribution in [-0.4, -0.2) is 42.1 Å². The van der Waals surface area contributed by atoms with Gasteiger partial charge in [0.1, 0.15) is 5.69 Å². The summed E-state index contributed by atoms with van der Waals surface area (Å²) in [5.74, 6) is 0.00147. The second kappa shape index (κ2) is 9.30. The molecule has 1 aromatic heterocycles. The van der Waals surface area contributed by atoms with Gasteiger partial charge in [-0.05, 0) is 51.0 Å². The molecule has 2 aromatic rings. The molecular formula is C18H27N3O2. The molecule has 0 saturated carbocycles. The highest BCUT2D eigenvalue weighted by Gasteiger charge is 2.11. The lowest BCUT2D eigenvalue weighted by atomic mass is 10.1. The maximum Gasteiger partial charge on any atom is 0.226 e. The van der Waals surface area contributed by atoms with E-state index in [-0.39, 0.29) is 12.3 Å². The van der Waals surface area contributed by atoms with E-state index in [0.29, 0.717) is 12.2 Å². The molecule has 0 atom stereocenters. The Morgan fingerprint density at radius 1 is 1.17 bits per heavy atom. The van der Waals surface area contributed by atoms with Crippen LogP contribution in [0.15, 0.2) is 28.8 Å². The Morgan fingerprint density at radius 3 is 2.65 bits per heavy atom. The summed E-state index contributed by atoms with van der Waals surface area (Å²) in [6.07, 6.45) is 3.59. The molecule has 0 radical (unpaired) electrons. The molecule has 0 spiro atoms. The number of carbonyl (C=O) groups is 1. The SMILES string of the molecule is CCCN(CCC)CCCNC(=O)Cc1noc2ccccc12. The molecule has 0 unspecified atom stereocenters. The van der Waals surface area contributed by atoms with Gasteiger partial charge in [-0.3, -0.25) is 4.79 Å². The average Bonchev–Trinajstić information content (AvgIpc) is 2.95. The van der Waals surface area contributed by atoms with Gasteiger partial charge in [0, 0.05) is 11.9 Å². The maximum atomic E-state index is 12.0. The molecular weight excluding hydrogens is 290 g/mol. The summed E-state index contributed by atoms with van der Waals surface area (Å²) in [4.78, 5) is 14.5. The molecule has 1 amide bonds. The van der Waals surface area contributed by atoms with E-state index in [4.69, 9.17) is 4.52 Å². The van der Waals surface area contributed by atoms with Crippen molar-refractivity contribution in [1.82, 2.24) is 15.4 Å². The molecule has 0 aliphatic heterocycles. The topological polar surface area (TPSA) is 58.4 Å². The van der Waals surface area contributed by atoms with E-state index in [0.717, 1.165) is 37.0 Å². The van der Waals surface area contributed by atoms with Gasteiger partial charge in [0.15, 0.2) is 5.58 Å². The van der Waals surface area contributed by atoms with E-state index >= 15 is 0 Å². The van der Waals surface area contributed by atoms with Gasteiger partial charge >= 0.3 is 0 Å². The fourth-order valence-electron chi connectivity index (χ4n) is 2.78. The molecule has 0 aliphatic carbocycles. The third-order valence-electron chi connectivity index (χ3n) is 3.83. The van der Waals surface area contributed by atoms with Crippen molar-refractivity contribution in [3.05, 3.63) is 30.0 Å². The minimum absolute atomic E-state index is 0.00147. The third-order valence-corrected chi connectivity index (χ3v) is 3.83. The van der Waals surface area contributed by atoms with Crippen LogP contribution < -0.4 is 5.32 Å². The van der Waals surface area contributed by atoms with Crippen molar-refractivity contribution in [2.45, 2.75) is 39.5 Å². The van der Waals surface area contributed by atoms with Crippen LogP contribution in [0, 0.1) is 0 Å². The lowest BCUT2D eigenvalue weighted by Crippen LogP contribution is -2.31. The first-order valence-electron chi connectivity index (χ1n) is 8.57. The Bertz CT molecular complexity index is 603. The summed E-state index contributed by atoms with van der Waals surface area (Å²) < 4.78 is 5.22. The van der Waals surface area contributed by atoms with Crippen molar-refractivity contribution in [3.63, 3.8) is 0 Å². The van der Waals surface area contributed by atoms with Crippen LogP contribution in [0.25, 0.3) is 11.0 Å². The zero-order valence-corrected chi connectivity index (χ0v) is 14.2. The lowest BCUT2D eigenvalue weighted by molar-refractivity contribution is -0.120. The Kier molecular flexibility index (Phi) is 7.07. The number of hydrogen-bond donors (Lipinski definition) is 1. The van der Waals surface area contributed by atoms with Gasteiger partial charge in [-0.15, -0.1) is 0 Å². The molecule has 5 nitrogen and oxygen atoms in total. The highest BCUT2D eigenvalue weighted by molar-refractivity contribution is 5.86. The van der Waals surface area contributed by atoms with Crippen molar-refractivity contribution < 1.29 is 9.32 Å². The van der Waals surface area contributed by atoms with Crippen molar-refractivity contribution in [1.29, 1.82) is 0 Å². The molecule has 0 fully saturated rings. The first kappa shape index (κ1) is 17.5. The first-order chi connectivity index (χ1) is 11.2. The minimum atomic E-state index is 0.00147. The Morgan fingerprint density at radius 2 is 1.91 bits per heavy atom. The minimum Gasteiger partial charge on any atom is -0.356 e. The van der Waals surface area contributed by atoms with Crippen LogP contribution in [0.2, 0.25) is 0 Å². The molecule has 1 aromatic carbocycles. The largest absolute Gasteiger partial charge is 0.356 e. The average molecular weight is 317 g/mol. The number of carbonyl (C=O) groups excluding carboxylic acids is 1. The van der Waals surface area contributed by atoms with E-state index in [2.05, 4.69) is 29.2 Å². The van der Waals surface area contributed by atoms with E-state index in [1.165, 1.54) is 12.8 Å². The molecule has 126 valence electrons. The van der Waals surface area contributed by atoms with Crippen molar-refractivity contribution in [2.24, 2.45) is 0 Å². The number of nitrogens with one attached hydrogen (secondary N) is 1. The Labute approximate surface area is 138 Å². The van der Waals surface area contributed by atoms with Gasteiger partial charge in [0.2, 0.25) is 5.91 Å². The zero-order valence-electron chi connectivity index (χ0n) is 14.2. The van der Waals surface area contributed by atoms with Gasteiger partial charge in [-0.1, -0.05) is 31.1 Å². The Balaban J connectivity index is 1.73. The molecule has 0 aliphatic rings. The van der Waals surface area contributed by atoms with Crippen LogP contribution in [0.5, 0.6) is 0 Å². The van der Waals surface area contributed by atoms with Crippen LogP contribution in [0.1, 0.15) is 38.8 Å². The summed E-state index contributed by atoms with van der Waals surface area (Å²) >= 11 is 0. The van der Waals surface area contributed by atoms with Crippen molar-refractivity contribution >= 4 is 16.9 Å². The predicted octanol–water partition coefficient (Wildman–Crippen LogP) is 3.00. The van der Waals surface area contributed by atoms with Crippen LogP contribution >= 0.6 is 0 Å². The number of amides is 1. The van der Waals surface area contributed by atoms with E-state index in [9.17, 15) is 4.79 Å². The summed E-state index contributed by atoms with van der Waals surface area (Å²) in [5, 5.41) is 7.89. The lowest BCUT2D eigenvalue weighted by Gasteiger charge is -2.20. The highest BCUT2D eigenvalue weighted by Crippen LogP contribution is 2.17. The standard InChI is InChI=1S/C18H27N3O2/c1-3-11-21(12-4-2)13-7-10-19-18(22)14-16-15-8-5-6-9-17(15)23-20-16/h5-6,8-9H,3-4,7,10-14H2,1-2H3,(H,19,22). The third kappa shape index (κ3) is 5.36. The molecule has 23 heavy (non-hydrogen) atoms. The number of hydrogen-bond acceptors (Lipinski definition) is 4. The van der Waals surface area contributed by atoms with E-state index in [1.54, 1.807) is 0 Å². The fraction of sp³-hybridized carbons (Fsp3) is 0.556. The van der Waals surface area contributed by atoms with Crippen LogP contribution in [0.3, 0.4) is 0 Å². The molecule has 1 heterocycles. The highest BCUT2D eigenvalue weighted by atomic mass is 16.5. The molecule has 0 bridgehead atoms. The number of aromatic nitrogens is 1.